The third-order valence-corrected chi connectivity index (χ3v) is 6.43. The lowest BCUT2D eigenvalue weighted by atomic mass is 9.99. The quantitative estimate of drug-likeness (QED) is 0.791. The molecule has 0 amide bonds. The largest absolute Gasteiger partial charge is 0.495 e. The van der Waals surface area contributed by atoms with E-state index < -0.39 is 27.8 Å². The van der Waals surface area contributed by atoms with Crippen molar-refractivity contribution in [1.29, 1.82) is 0 Å². The van der Waals surface area contributed by atoms with Crippen molar-refractivity contribution in [3.05, 3.63) is 59.7 Å². The summed E-state index contributed by atoms with van der Waals surface area (Å²) in [5.74, 6) is 0.169. The molecule has 0 aromatic heterocycles. The fourth-order valence-electron chi connectivity index (χ4n) is 3.34. The molecule has 8 heteroatoms. The van der Waals surface area contributed by atoms with E-state index >= 15 is 0 Å². The second-order valence-corrected chi connectivity index (χ2v) is 7.87. The van der Waals surface area contributed by atoms with Gasteiger partial charge in [-0.25, -0.2) is 8.42 Å². The Morgan fingerprint density at radius 1 is 1.08 bits per heavy atom. The molecule has 1 unspecified atom stereocenters. The normalized spacial score (nSPS) is 18.8. The van der Waals surface area contributed by atoms with Gasteiger partial charge in [0.1, 0.15) is 10.6 Å². The van der Waals surface area contributed by atoms with Crippen LogP contribution in [0.2, 0.25) is 0 Å². The molecule has 0 saturated carbocycles. The lowest BCUT2D eigenvalue weighted by Crippen LogP contribution is -2.32. The highest BCUT2D eigenvalue weighted by atomic mass is 32.2. The molecule has 26 heavy (non-hydrogen) atoms. The van der Waals surface area contributed by atoms with Crippen LogP contribution in [0.4, 0.5) is 13.2 Å². The van der Waals surface area contributed by atoms with Crippen LogP contribution in [-0.2, 0) is 16.2 Å². The number of benzene rings is 2. The minimum atomic E-state index is -4.54. The first-order chi connectivity index (χ1) is 12.3. The number of para-hydroxylation sites is 1. The van der Waals surface area contributed by atoms with Crippen molar-refractivity contribution in [2.24, 2.45) is 0 Å². The van der Waals surface area contributed by atoms with Gasteiger partial charge in [-0.05, 0) is 36.6 Å². The predicted octanol–water partition coefficient (Wildman–Crippen LogP) is 4.24. The lowest BCUT2D eigenvalue weighted by molar-refractivity contribution is -0.138. The number of hydrogen-bond donors (Lipinski definition) is 0. The fraction of sp³-hybridized carbons (Fsp3) is 0.333. The maximum absolute atomic E-state index is 13.4. The first-order valence-electron chi connectivity index (χ1n) is 8.08. The molecular weight excluding hydrogens is 367 g/mol. The summed E-state index contributed by atoms with van der Waals surface area (Å²) in [4.78, 5) is -0.0427. The third kappa shape index (κ3) is 3.31. The van der Waals surface area contributed by atoms with Crippen LogP contribution in [0.1, 0.15) is 30.0 Å². The summed E-state index contributed by atoms with van der Waals surface area (Å²) < 4.78 is 72.7. The Labute approximate surface area is 150 Å². The van der Waals surface area contributed by atoms with Crippen molar-refractivity contribution in [1.82, 2.24) is 4.31 Å². The summed E-state index contributed by atoms with van der Waals surface area (Å²) in [7, 11) is -2.64. The summed E-state index contributed by atoms with van der Waals surface area (Å²) in [6, 6.07) is 10.4. The zero-order valence-electron chi connectivity index (χ0n) is 14.0. The standard InChI is InChI=1S/C18H18F3NO3S/c1-25-16-10-4-5-11-17(16)26(23,24)22-12-6-9-15(22)13-7-2-3-8-14(13)18(19,20)21/h2-5,7-8,10-11,15H,6,9,12H2,1H3. The van der Waals surface area contributed by atoms with E-state index in [1.165, 1.54) is 37.4 Å². The highest BCUT2D eigenvalue weighted by molar-refractivity contribution is 7.89. The molecule has 1 heterocycles. The van der Waals surface area contributed by atoms with Crippen molar-refractivity contribution in [3.8, 4) is 5.75 Å². The Bertz CT molecular complexity index is 897. The molecule has 3 rings (SSSR count). The number of sulfonamides is 1. The molecule has 1 atom stereocenters. The second kappa shape index (κ2) is 6.92. The van der Waals surface area contributed by atoms with Crippen LogP contribution < -0.4 is 4.74 Å². The van der Waals surface area contributed by atoms with Crippen molar-refractivity contribution in [2.75, 3.05) is 13.7 Å². The molecular formula is C18H18F3NO3S. The Balaban J connectivity index is 2.07. The van der Waals surface area contributed by atoms with Crippen molar-refractivity contribution in [3.63, 3.8) is 0 Å². The molecule has 0 aliphatic carbocycles. The molecule has 0 bridgehead atoms. The highest BCUT2D eigenvalue weighted by Gasteiger charge is 2.42. The second-order valence-electron chi connectivity index (χ2n) is 6.01. The number of halogens is 3. The van der Waals surface area contributed by atoms with Gasteiger partial charge in [-0.15, -0.1) is 0 Å². The minimum absolute atomic E-state index is 0.0176. The molecule has 0 N–H and O–H groups in total. The molecule has 2 aromatic carbocycles. The average molecular weight is 385 g/mol. The smallest absolute Gasteiger partial charge is 0.416 e. The Morgan fingerprint density at radius 2 is 1.73 bits per heavy atom. The first kappa shape index (κ1) is 18.7. The van der Waals surface area contributed by atoms with E-state index in [4.69, 9.17) is 4.74 Å². The highest BCUT2D eigenvalue weighted by Crippen LogP contribution is 2.43. The van der Waals surface area contributed by atoms with Gasteiger partial charge in [0.25, 0.3) is 0 Å². The molecule has 4 nitrogen and oxygen atoms in total. The van der Waals surface area contributed by atoms with Gasteiger partial charge >= 0.3 is 6.18 Å². The van der Waals surface area contributed by atoms with Gasteiger partial charge in [-0.3, -0.25) is 0 Å². The number of hydrogen-bond acceptors (Lipinski definition) is 3. The SMILES string of the molecule is COc1ccccc1S(=O)(=O)N1CCCC1c1ccccc1C(F)(F)F. The molecule has 1 fully saturated rings. The van der Waals surface area contributed by atoms with E-state index in [2.05, 4.69) is 0 Å². The topological polar surface area (TPSA) is 46.6 Å². The van der Waals surface area contributed by atoms with Crippen LogP contribution in [-0.4, -0.2) is 26.4 Å². The van der Waals surface area contributed by atoms with Gasteiger partial charge in [0.05, 0.1) is 18.7 Å². The summed E-state index contributed by atoms with van der Waals surface area (Å²) in [5, 5.41) is 0. The maximum Gasteiger partial charge on any atom is 0.416 e. The van der Waals surface area contributed by atoms with Gasteiger partial charge in [-0.1, -0.05) is 30.3 Å². The zero-order valence-corrected chi connectivity index (χ0v) is 14.8. The van der Waals surface area contributed by atoms with Gasteiger partial charge < -0.3 is 4.74 Å². The average Bonchev–Trinajstić information content (AvgIpc) is 3.11. The zero-order chi connectivity index (χ0) is 18.9. The molecule has 0 radical (unpaired) electrons. The molecule has 1 saturated heterocycles. The molecule has 0 spiro atoms. The van der Waals surface area contributed by atoms with Crippen molar-refractivity contribution >= 4 is 10.0 Å². The van der Waals surface area contributed by atoms with E-state index in [1.54, 1.807) is 12.1 Å². The Hall–Kier alpha value is -2.06. The van der Waals surface area contributed by atoms with Crippen LogP contribution in [0.25, 0.3) is 0 Å². The third-order valence-electron chi connectivity index (χ3n) is 4.48. The number of methoxy groups -OCH3 is 1. The Morgan fingerprint density at radius 3 is 2.42 bits per heavy atom. The molecule has 1 aliphatic rings. The molecule has 140 valence electrons. The predicted molar refractivity (Wildman–Crippen MR) is 90.3 cm³/mol. The van der Waals surface area contributed by atoms with Gasteiger partial charge in [0.15, 0.2) is 0 Å². The lowest BCUT2D eigenvalue weighted by Gasteiger charge is -2.27. The summed E-state index contributed by atoms with van der Waals surface area (Å²) in [6.07, 6.45) is -3.72. The monoisotopic (exact) mass is 385 g/mol. The summed E-state index contributed by atoms with van der Waals surface area (Å²) in [5.41, 5.74) is -0.817. The maximum atomic E-state index is 13.4. The van der Waals surface area contributed by atoms with Crippen LogP contribution >= 0.6 is 0 Å². The van der Waals surface area contributed by atoms with E-state index in [1.807, 2.05) is 0 Å². The molecule has 1 aliphatic heterocycles. The van der Waals surface area contributed by atoms with Crippen LogP contribution in [0.15, 0.2) is 53.4 Å². The van der Waals surface area contributed by atoms with Crippen molar-refractivity contribution in [2.45, 2.75) is 30.0 Å². The van der Waals surface area contributed by atoms with E-state index in [9.17, 15) is 21.6 Å². The van der Waals surface area contributed by atoms with Gasteiger partial charge in [0, 0.05) is 6.54 Å². The molecule has 2 aromatic rings. The number of nitrogens with zero attached hydrogens (tertiary/aromatic N) is 1. The van der Waals surface area contributed by atoms with Gasteiger partial charge in [0.2, 0.25) is 10.0 Å². The first-order valence-corrected chi connectivity index (χ1v) is 9.52. The van der Waals surface area contributed by atoms with E-state index in [0.29, 0.717) is 12.8 Å². The number of rotatable bonds is 4. The Kier molecular flexibility index (Phi) is 4.98. The van der Waals surface area contributed by atoms with Crippen LogP contribution in [0, 0.1) is 0 Å². The summed E-state index contributed by atoms with van der Waals surface area (Å²) >= 11 is 0. The van der Waals surface area contributed by atoms with Gasteiger partial charge in [-0.2, -0.15) is 17.5 Å². The minimum Gasteiger partial charge on any atom is -0.495 e. The van der Waals surface area contributed by atoms with Crippen LogP contribution in [0.5, 0.6) is 5.75 Å². The fourth-order valence-corrected chi connectivity index (χ4v) is 5.17. The number of ether oxygens (including phenoxy) is 1. The van der Waals surface area contributed by atoms with E-state index in [0.717, 1.165) is 10.4 Å². The van der Waals surface area contributed by atoms with Crippen LogP contribution in [0.3, 0.4) is 0 Å². The summed E-state index contributed by atoms with van der Waals surface area (Å²) in [6.45, 7) is 0.164. The van der Waals surface area contributed by atoms with Crippen molar-refractivity contribution < 1.29 is 26.3 Å². The van der Waals surface area contributed by atoms with E-state index in [-0.39, 0.29) is 22.8 Å². The number of alkyl halides is 3.